The van der Waals surface area contributed by atoms with Gasteiger partial charge >= 0.3 is 0 Å². The van der Waals surface area contributed by atoms with Crippen molar-refractivity contribution in [3.63, 3.8) is 0 Å². The highest BCUT2D eigenvalue weighted by Gasteiger charge is 2.04. The maximum absolute atomic E-state index is 12.0. The van der Waals surface area contributed by atoms with Gasteiger partial charge in [0.05, 0.1) is 5.69 Å². The molecule has 0 fully saturated rings. The molecule has 1 heterocycles. The van der Waals surface area contributed by atoms with Crippen LogP contribution >= 0.6 is 0 Å². The molecule has 0 radical (unpaired) electrons. The number of nitrogens with zero attached hydrogens (tertiary/aromatic N) is 2. The molecule has 0 unspecified atom stereocenters. The van der Waals surface area contributed by atoms with E-state index in [-0.39, 0.29) is 5.91 Å². The SMILES string of the molecule is CS(C)(=O)=Nc1cccc(NC(=O)CCc2ccncc2)c1. The Balaban J connectivity index is 1.97. The van der Waals surface area contributed by atoms with E-state index in [1.807, 2.05) is 12.1 Å². The Morgan fingerprint density at radius 1 is 1.23 bits per heavy atom. The largest absolute Gasteiger partial charge is 0.326 e. The molecule has 2 aromatic rings. The van der Waals surface area contributed by atoms with Crippen LogP contribution in [0.2, 0.25) is 0 Å². The molecule has 0 spiro atoms. The number of rotatable bonds is 5. The zero-order valence-electron chi connectivity index (χ0n) is 12.7. The van der Waals surface area contributed by atoms with Gasteiger partial charge in [0.15, 0.2) is 0 Å². The predicted octanol–water partition coefficient (Wildman–Crippen LogP) is 3.01. The van der Waals surface area contributed by atoms with E-state index in [0.717, 1.165) is 5.56 Å². The molecule has 0 bridgehead atoms. The summed E-state index contributed by atoms with van der Waals surface area (Å²) in [5.74, 6) is -0.0670. The minimum Gasteiger partial charge on any atom is -0.326 e. The monoisotopic (exact) mass is 317 g/mol. The third kappa shape index (κ3) is 5.65. The van der Waals surface area contributed by atoms with Crippen molar-refractivity contribution in [3.05, 3.63) is 54.4 Å². The highest BCUT2D eigenvalue weighted by Crippen LogP contribution is 2.19. The molecule has 6 heteroatoms. The van der Waals surface area contributed by atoms with Crippen LogP contribution in [-0.4, -0.2) is 27.6 Å². The molecule has 5 nitrogen and oxygen atoms in total. The van der Waals surface area contributed by atoms with Crippen LogP contribution in [0, 0.1) is 0 Å². The first kappa shape index (κ1) is 16.2. The molecule has 1 aromatic carbocycles. The normalized spacial score (nSPS) is 11.0. The molecule has 22 heavy (non-hydrogen) atoms. The van der Waals surface area contributed by atoms with E-state index in [1.54, 1.807) is 49.2 Å². The summed E-state index contributed by atoms with van der Waals surface area (Å²) >= 11 is 0. The minimum atomic E-state index is -2.21. The van der Waals surface area contributed by atoms with E-state index in [0.29, 0.717) is 24.2 Å². The standard InChI is InChI=1S/C16H19N3O2S/c1-22(2,21)19-15-5-3-4-14(12-15)18-16(20)7-6-13-8-10-17-11-9-13/h3-5,8-12H,6-7H2,1-2H3,(H,18,20). The Morgan fingerprint density at radius 3 is 2.64 bits per heavy atom. The molecule has 1 N–H and O–H groups in total. The summed E-state index contributed by atoms with van der Waals surface area (Å²) in [6, 6.07) is 10.8. The van der Waals surface area contributed by atoms with Crippen molar-refractivity contribution in [2.45, 2.75) is 12.8 Å². The summed E-state index contributed by atoms with van der Waals surface area (Å²) < 4.78 is 15.8. The summed E-state index contributed by atoms with van der Waals surface area (Å²) in [4.78, 5) is 15.9. The molecular weight excluding hydrogens is 298 g/mol. The maximum atomic E-state index is 12.0. The number of pyridine rings is 1. The second kappa shape index (κ2) is 7.17. The molecule has 1 amide bonds. The molecule has 0 atom stereocenters. The van der Waals surface area contributed by atoms with Crippen LogP contribution in [0.4, 0.5) is 11.4 Å². The Hall–Kier alpha value is -2.21. The van der Waals surface area contributed by atoms with Crippen molar-refractivity contribution in [1.82, 2.24) is 4.98 Å². The van der Waals surface area contributed by atoms with Gasteiger partial charge in [0.25, 0.3) is 0 Å². The van der Waals surface area contributed by atoms with Crippen molar-refractivity contribution < 1.29 is 9.00 Å². The number of carbonyl (C=O) groups is 1. The smallest absolute Gasteiger partial charge is 0.224 e. The van der Waals surface area contributed by atoms with E-state index in [1.165, 1.54) is 0 Å². The lowest BCUT2D eigenvalue weighted by Crippen LogP contribution is -2.12. The predicted molar refractivity (Wildman–Crippen MR) is 89.7 cm³/mol. The Bertz CT molecular complexity index is 758. The van der Waals surface area contributed by atoms with Gasteiger partial charge in [0.2, 0.25) is 5.91 Å². The fourth-order valence-corrected chi connectivity index (χ4v) is 2.55. The minimum absolute atomic E-state index is 0.0670. The highest BCUT2D eigenvalue weighted by molar-refractivity contribution is 7.92. The van der Waals surface area contributed by atoms with Crippen LogP contribution in [0.25, 0.3) is 0 Å². The van der Waals surface area contributed by atoms with Gasteiger partial charge in [-0.25, -0.2) is 4.21 Å². The van der Waals surface area contributed by atoms with Crippen LogP contribution in [0.3, 0.4) is 0 Å². The molecule has 0 aliphatic rings. The number of hydrogen-bond acceptors (Lipinski definition) is 4. The summed E-state index contributed by atoms with van der Waals surface area (Å²) in [6.45, 7) is 0. The number of nitrogens with one attached hydrogen (secondary N) is 1. The van der Waals surface area contributed by atoms with Gasteiger partial charge < -0.3 is 5.32 Å². The third-order valence-corrected chi connectivity index (χ3v) is 3.50. The number of hydrogen-bond donors (Lipinski definition) is 1. The first-order chi connectivity index (χ1) is 10.4. The zero-order valence-corrected chi connectivity index (χ0v) is 13.5. The van der Waals surface area contributed by atoms with E-state index in [4.69, 9.17) is 0 Å². The Morgan fingerprint density at radius 2 is 1.95 bits per heavy atom. The maximum Gasteiger partial charge on any atom is 0.224 e. The first-order valence-electron chi connectivity index (χ1n) is 6.88. The lowest BCUT2D eigenvalue weighted by molar-refractivity contribution is -0.116. The number of amides is 1. The highest BCUT2D eigenvalue weighted by atomic mass is 32.2. The number of anilines is 1. The molecule has 2 rings (SSSR count). The summed E-state index contributed by atoms with van der Waals surface area (Å²) in [7, 11) is -2.21. The number of carbonyl (C=O) groups excluding carboxylic acids is 1. The second-order valence-corrected chi connectivity index (χ2v) is 7.77. The first-order valence-corrected chi connectivity index (χ1v) is 9.21. The van der Waals surface area contributed by atoms with E-state index < -0.39 is 9.73 Å². The fraction of sp³-hybridized carbons (Fsp3) is 0.250. The number of aromatic nitrogens is 1. The van der Waals surface area contributed by atoms with Crippen LogP contribution in [0.5, 0.6) is 0 Å². The zero-order chi connectivity index (χ0) is 16.0. The van der Waals surface area contributed by atoms with Crippen molar-refractivity contribution >= 4 is 27.0 Å². The van der Waals surface area contributed by atoms with Crippen molar-refractivity contribution in [3.8, 4) is 0 Å². The van der Waals surface area contributed by atoms with Crippen molar-refractivity contribution in [2.75, 3.05) is 17.8 Å². The van der Waals surface area contributed by atoms with E-state index in [2.05, 4.69) is 14.7 Å². The Kier molecular flexibility index (Phi) is 5.27. The molecule has 0 aliphatic carbocycles. The second-order valence-electron chi connectivity index (χ2n) is 5.23. The quantitative estimate of drug-likeness (QED) is 0.921. The average Bonchev–Trinajstić information content (AvgIpc) is 2.45. The third-order valence-electron chi connectivity index (χ3n) is 2.85. The van der Waals surface area contributed by atoms with Crippen molar-refractivity contribution in [2.24, 2.45) is 4.36 Å². The van der Waals surface area contributed by atoms with E-state index in [9.17, 15) is 9.00 Å². The molecule has 0 saturated heterocycles. The van der Waals surface area contributed by atoms with Gasteiger partial charge in [-0.2, -0.15) is 4.36 Å². The van der Waals surface area contributed by atoms with Crippen LogP contribution in [-0.2, 0) is 20.9 Å². The Labute approximate surface area is 131 Å². The van der Waals surface area contributed by atoms with Gasteiger partial charge in [-0.1, -0.05) is 6.07 Å². The van der Waals surface area contributed by atoms with Crippen molar-refractivity contribution in [1.29, 1.82) is 0 Å². The molecule has 0 saturated carbocycles. The van der Waals surface area contributed by atoms with Crippen LogP contribution in [0.15, 0.2) is 53.2 Å². The lowest BCUT2D eigenvalue weighted by atomic mass is 10.1. The molecule has 0 aliphatic heterocycles. The molecule has 1 aromatic heterocycles. The fourth-order valence-electron chi connectivity index (χ4n) is 1.93. The van der Waals surface area contributed by atoms with Crippen LogP contribution in [0.1, 0.15) is 12.0 Å². The topological polar surface area (TPSA) is 71.4 Å². The molecular formula is C16H19N3O2S. The molecule has 116 valence electrons. The van der Waals surface area contributed by atoms with Gasteiger partial charge in [0, 0.05) is 46.7 Å². The van der Waals surface area contributed by atoms with Crippen LogP contribution < -0.4 is 5.32 Å². The number of aryl methyl sites for hydroxylation is 1. The summed E-state index contributed by atoms with van der Waals surface area (Å²) in [5, 5.41) is 2.83. The van der Waals surface area contributed by atoms with Gasteiger partial charge in [-0.15, -0.1) is 0 Å². The number of benzene rings is 1. The summed E-state index contributed by atoms with van der Waals surface area (Å²) in [6.07, 6.45) is 7.64. The van der Waals surface area contributed by atoms with Gasteiger partial charge in [-0.05, 0) is 42.3 Å². The lowest BCUT2D eigenvalue weighted by Gasteiger charge is -2.06. The van der Waals surface area contributed by atoms with Gasteiger partial charge in [0.1, 0.15) is 0 Å². The van der Waals surface area contributed by atoms with Gasteiger partial charge in [-0.3, -0.25) is 9.78 Å². The average molecular weight is 317 g/mol. The van der Waals surface area contributed by atoms with E-state index >= 15 is 0 Å². The summed E-state index contributed by atoms with van der Waals surface area (Å²) in [5.41, 5.74) is 2.33.